The van der Waals surface area contributed by atoms with Crippen LogP contribution in [-0.2, 0) is 10.0 Å². The number of nitrogens with zero attached hydrogens (tertiary/aromatic N) is 2. The van der Waals surface area contributed by atoms with Crippen LogP contribution in [0.1, 0.15) is 6.42 Å². The third-order valence-corrected chi connectivity index (χ3v) is 6.17. The maximum Gasteiger partial charge on any atom is 0.235 e. The molecule has 0 radical (unpaired) electrons. The van der Waals surface area contributed by atoms with Gasteiger partial charge in [0.2, 0.25) is 10.0 Å². The number of phenols is 1. The highest BCUT2D eigenvalue weighted by molar-refractivity contribution is 7.92. The van der Waals surface area contributed by atoms with Gasteiger partial charge in [0.05, 0.1) is 23.6 Å². The molecule has 2 N–H and O–H groups in total. The molecule has 0 amide bonds. The highest BCUT2D eigenvalue weighted by Gasteiger charge is 2.31. The zero-order chi connectivity index (χ0) is 19.0. The summed E-state index contributed by atoms with van der Waals surface area (Å²) in [6.07, 6.45) is 2.06. The Balaban J connectivity index is 1.65. The first-order valence-corrected chi connectivity index (χ1v) is 10.0. The van der Waals surface area contributed by atoms with Gasteiger partial charge < -0.3 is 9.84 Å². The van der Waals surface area contributed by atoms with Crippen LogP contribution in [0, 0.1) is 0 Å². The lowest BCUT2D eigenvalue weighted by molar-refractivity contribution is 0.218. The van der Waals surface area contributed by atoms with Crippen LogP contribution in [0.4, 0.5) is 0 Å². The van der Waals surface area contributed by atoms with E-state index in [4.69, 9.17) is 4.74 Å². The van der Waals surface area contributed by atoms with Gasteiger partial charge in [0.25, 0.3) is 0 Å². The Morgan fingerprint density at radius 3 is 2.78 bits per heavy atom. The average Bonchev–Trinajstić information content (AvgIpc) is 3.32. The van der Waals surface area contributed by atoms with Crippen molar-refractivity contribution in [2.24, 2.45) is 0 Å². The fourth-order valence-electron chi connectivity index (χ4n) is 3.25. The molecule has 1 saturated heterocycles. The van der Waals surface area contributed by atoms with Gasteiger partial charge in [-0.3, -0.25) is 5.10 Å². The number of nitrogens with one attached hydrogen (secondary N) is 1. The Morgan fingerprint density at radius 2 is 2.04 bits per heavy atom. The van der Waals surface area contributed by atoms with Gasteiger partial charge in [0.1, 0.15) is 17.6 Å². The second-order valence-electron chi connectivity index (χ2n) is 6.45. The number of aromatic amines is 1. The van der Waals surface area contributed by atoms with Crippen molar-refractivity contribution in [3.8, 4) is 22.6 Å². The number of sulfonamides is 1. The lowest BCUT2D eigenvalue weighted by atomic mass is 10.0. The largest absolute Gasteiger partial charge is 0.508 e. The van der Waals surface area contributed by atoms with E-state index < -0.39 is 10.0 Å². The Labute approximate surface area is 156 Å². The van der Waals surface area contributed by atoms with E-state index in [1.807, 2.05) is 24.3 Å². The molecule has 140 valence electrons. The number of aromatic hydroxyl groups is 1. The molecular formula is C19H19N3O4S. The number of ether oxygens (including phenoxy) is 1. The summed E-state index contributed by atoms with van der Waals surface area (Å²) < 4.78 is 31.4. The molecule has 1 aromatic heterocycles. The summed E-state index contributed by atoms with van der Waals surface area (Å²) in [6, 6.07) is 10.8. The van der Waals surface area contributed by atoms with Crippen molar-refractivity contribution in [2.45, 2.75) is 12.5 Å². The summed E-state index contributed by atoms with van der Waals surface area (Å²) in [5.41, 5.74) is 2.66. The Kier molecular flexibility index (Phi) is 4.37. The summed E-state index contributed by atoms with van der Waals surface area (Å²) in [4.78, 5) is 0. The number of fused-ring (bicyclic) bond motifs is 1. The lowest BCUT2D eigenvalue weighted by Crippen LogP contribution is -2.29. The third kappa shape index (κ3) is 3.41. The van der Waals surface area contributed by atoms with Crippen LogP contribution >= 0.6 is 0 Å². The van der Waals surface area contributed by atoms with E-state index in [9.17, 15) is 13.5 Å². The molecule has 1 aliphatic rings. The molecule has 0 bridgehead atoms. The monoisotopic (exact) mass is 385 g/mol. The van der Waals surface area contributed by atoms with Gasteiger partial charge in [-0.15, -0.1) is 0 Å². The zero-order valence-electron chi connectivity index (χ0n) is 14.5. The topological polar surface area (TPSA) is 95.5 Å². The number of rotatable bonds is 5. The molecule has 3 aromatic rings. The highest BCUT2D eigenvalue weighted by atomic mass is 32.2. The van der Waals surface area contributed by atoms with Crippen LogP contribution in [0.3, 0.4) is 0 Å². The van der Waals surface area contributed by atoms with Crippen molar-refractivity contribution in [3.63, 3.8) is 0 Å². The van der Waals surface area contributed by atoms with E-state index in [1.54, 1.807) is 18.3 Å². The molecule has 8 heteroatoms. The van der Waals surface area contributed by atoms with Crippen molar-refractivity contribution in [1.82, 2.24) is 14.5 Å². The Bertz CT molecular complexity index is 1090. The minimum atomic E-state index is -3.43. The number of hydrogen-bond donors (Lipinski definition) is 2. The van der Waals surface area contributed by atoms with Gasteiger partial charge in [-0.25, -0.2) is 8.42 Å². The van der Waals surface area contributed by atoms with Gasteiger partial charge in [-0.1, -0.05) is 18.7 Å². The molecule has 2 aromatic carbocycles. The van der Waals surface area contributed by atoms with Crippen molar-refractivity contribution >= 4 is 20.9 Å². The molecule has 0 spiro atoms. The van der Waals surface area contributed by atoms with Crippen LogP contribution < -0.4 is 4.74 Å². The number of benzene rings is 2. The SMILES string of the molecule is C=CS(=O)(=O)N1CC[C@H](Oc2cc(-c3ccc(O)cc3)cc3[nH]ncc23)C1. The van der Waals surface area contributed by atoms with E-state index in [0.717, 1.165) is 27.4 Å². The quantitative estimate of drug-likeness (QED) is 0.704. The third-order valence-electron chi connectivity index (χ3n) is 4.69. The van der Waals surface area contributed by atoms with Gasteiger partial charge in [0.15, 0.2) is 0 Å². The maximum absolute atomic E-state index is 12.0. The molecule has 0 saturated carbocycles. The second-order valence-corrected chi connectivity index (χ2v) is 8.33. The number of hydrogen-bond acceptors (Lipinski definition) is 5. The molecule has 4 rings (SSSR count). The first-order valence-electron chi connectivity index (χ1n) is 8.52. The fraction of sp³-hybridized carbons (Fsp3) is 0.211. The predicted molar refractivity (Wildman–Crippen MR) is 103 cm³/mol. The first kappa shape index (κ1) is 17.6. The molecule has 2 heterocycles. The van der Waals surface area contributed by atoms with Gasteiger partial charge in [0, 0.05) is 12.0 Å². The maximum atomic E-state index is 12.0. The minimum absolute atomic E-state index is 0.201. The van der Waals surface area contributed by atoms with Crippen LogP contribution in [0.2, 0.25) is 0 Å². The van der Waals surface area contributed by atoms with Crippen LogP contribution in [0.25, 0.3) is 22.0 Å². The second kappa shape index (κ2) is 6.71. The fourth-order valence-corrected chi connectivity index (χ4v) is 4.19. The van der Waals surface area contributed by atoms with Gasteiger partial charge in [-0.05, 0) is 41.8 Å². The van der Waals surface area contributed by atoms with E-state index in [0.29, 0.717) is 18.7 Å². The normalized spacial score (nSPS) is 18.0. The van der Waals surface area contributed by atoms with Gasteiger partial charge >= 0.3 is 0 Å². The summed E-state index contributed by atoms with van der Waals surface area (Å²) in [5, 5.41) is 18.3. The summed E-state index contributed by atoms with van der Waals surface area (Å²) in [7, 11) is -3.43. The lowest BCUT2D eigenvalue weighted by Gasteiger charge is -2.16. The Morgan fingerprint density at radius 1 is 1.26 bits per heavy atom. The first-order chi connectivity index (χ1) is 13.0. The van der Waals surface area contributed by atoms with Crippen LogP contribution in [0.15, 0.2) is 54.6 Å². The van der Waals surface area contributed by atoms with Crippen molar-refractivity contribution in [1.29, 1.82) is 0 Å². The molecule has 7 nitrogen and oxygen atoms in total. The van der Waals surface area contributed by atoms with Crippen LogP contribution in [0.5, 0.6) is 11.5 Å². The molecule has 27 heavy (non-hydrogen) atoms. The molecule has 0 unspecified atom stereocenters. The van der Waals surface area contributed by atoms with E-state index in [-0.39, 0.29) is 18.4 Å². The molecule has 1 fully saturated rings. The number of aromatic nitrogens is 2. The van der Waals surface area contributed by atoms with E-state index >= 15 is 0 Å². The summed E-state index contributed by atoms with van der Waals surface area (Å²) in [6.45, 7) is 4.07. The van der Waals surface area contributed by atoms with Gasteiger partial charge in [-0.2, -0.15) is 9.40 Å². The average molecular weight is 385 g/mol. The number of H-pyrrole nitrogens is 1. The zero-order valence-corrected chi connectivity index (χ0v) is 15.3. The minimum Gasteiger partial charge on any atom is -0.508 e. The van der Waals surface area contributed by atoms with Crippen molar-refractivity contribution in [2.75, 3.05) is 13.1 Å². The van der Waals surface area contributed by atoms with E-state index in [1.165, 1.54) is 4.31 Å². The van der Waals surface area contributed by atoms with Crippen molar-refractivity contribution in [3.05, 3.63) is 54.6 Å². The molecular weight excluding hydrogens is 366 g/mol. The summed E-state index contributed by atoms with van der Waals surface area (Å²) in [5.74, 6) is 0.847. The van der Waals surface area contributed by atoms with Crippen molar-refractivity contribution < 1.29 is 18.3 Å². The number of phenolic OH excluding ortho intramolecular Hbond substituents is 1. The van der Waals surface area contributed by atoms with Crippen LogP contribution in [-0.4, -0.2) is 47.2 Å². The Hall–Kier alpha value is -2.84. The highest BCUT2D eigenvalue weighted by Crippen LogP contribution is 2.34. The molecule has 1 aliphatic heterocycles. The molecule has 1 atom stereocenters. The van der Waals surface area contributed by atoms with E-state index in [2.05, 4.69) is 16.8 Å². The standard InChI is InChI=1S/C19H19N3O4S/c1-2-27(24,25)22-8-7-16(12-22)26-19-10-14(9-18-17(19)11-20-21-18)13-3-5-15(23)6-4-13/h2-6,9-11,16,23H,1,7-8,12H2,(H,20,21)/t16-/m0/s1. The predicted octanol–water partition coefficient (Wildman–Crippen LogP) is 2.86. The smallest absolute Gasteiger partial charge is 0.235 e. The summed E-state index contributed by atoms with van der Waals surface area (Å²) >= 11 is 0. The molecule has 0 aliphatic carbocycles.